The summed E-state index contributed by atoms with van der Waals surface area (Å²) in [4.78, 5) is 27.8. The molecule has 0 bridgehead atoms. The molecule has 2 heterocycles. The average Bonchev–Trinajstić information content (AvgIpc) is 2.82. The highest BCUT2D eigenvalue weighted by atomic mass is 16.2. The van der Waals surface area contributed by atoms with Crippen molar-refractivity contribution in [2.24, 2.45) is 0 Å². The quantitative estimate of drug-likeness (QED) is 0.646. The number of piperidine rings is 1. The minimum atomic E-state index is -0.439. The number of aromatic nitrogens is 2. The highest BCUT2D eigenvalue weighted by Crippen LogP contribution is 2.24. The van der Waals surface area contributed by atoms with Crippen LogP contribution < -0.4 is 10.7 Å². The van der Waals surface area contributed by atoms with E-state index in [0.717, 1.165) is 37.2 Å². The van der Waals surface area contributed by atoms with Crippen LogP contribution in [0.3, 0.4) is 0 Å². The molecule has 0 saturated carbocycles. The van der Waals surface area contributed by atoms with Crippen molar-refractivity contribution in [1.29, 1.82) is 0 Å². The van der Waals surface area contributed by atoms with Crippen LogP contribution in [0.4, 0.5) is 0 Å². The molecular weight excluding hydrogens is 400 g/mol. The Bertz CT molecular complexity index is 1130. The first kappa shape index (κ1) is 22.0. The van der Waals surface area contributed by atoms with Crippen LogP contribution in [0.25, 0.3) is 5.69 Å². The molecule has 1 amide bonds. The number of nitrogens with zero attached hydrogens (tertiary/aromatic N) is 3. The van der Waals surface area contributed by atoms with Gasteiger partial charge in [-0.15, -0.1) is 0 Å². The summed E-state index contributed by atoms with van der Waals surface area (Å²) in [5.41, 5.74) is 3.83. The number of amides is 1. The second-order valence-corrected chi connectivity index (χ2v) is 8.47. The molecule has 0 unspecified atom stereocenters. The van der Waals surface area contributed by atoms with E-state index in [0.29, 0.717) is 6.54 Å². The van der Waals surface area contributed by atoms with Crippen LogP contribution in [-0.2, 0) is 0 Å². The van der Waals surface area contributed by atoms with Gasteiger partial charge in [-0.2, -0.15) is 5.10 Å². The third kappa shape index (κ3) is 4.97. The molecule has 1 aromatic heterocycles. The SMILES string of the molecule is Cc1ccc(-n2ccc(=O)c(C(=O)NC[C@H](c3ccccc3)N3CCCCC3)n2)cc1C. The lowest BCUT2D eigenvalue weighted by Crippen LogP contribution is -2.41. The van der Waals surface area contributed by atoms with Gasteiger partial charge in [-0.1, -0.05) is 42.8 Å². The van der Waals surface area contributed by atoms with E-state index in [2.05, 4.69) is 27.4 Å². The topological polar surface area (TPSA) is 67.2 Å². The first-order valence-electron chi connectivity index (χ1n) is 11.3. The number of benzene rings is 2. The number of hydrogen-bond acceptors (Lipinski definition) is 4. The van der Waals surface area contributed by atoms with E-state index in [1.165, 1.54) is 23.6 Å². The smallest absolute Gasteiger partial charge is 0.275 e. The summed E-state index contributed by atoms with van der Waals surface area (Å²) in [5, 5.41) is 7.33. The standard InChI is InChI=1S/C26H30N4O2/c1-19-11-12-22(17-20(19)2)30-16-13-24(31)25(28-30)26(32)27-18-23(21-9-5-3-6-10-21)29-14-7-4-8-15-29/h3,5-6,9-13,16-17,23H,4,7-8,14-15,18H2,1-2H3,(H,27,32)/t23-/m1/s1. The third-order valence-corrected chi connectivity index (χ3v) is 6.25. The molecule has 1 saturated heterocycles. The van der Waals surface area contributed by atoms with Crippen LogP contribution in [0.2, 0.25) is 0 Å². The lowest BCUT2D eigenvalue weighted by Gasteiger charge is -2.35. The minimum absolute atomic E-state index is 0.0751. The van der Waals surface area contributed by atoms with Crippen LogP contribution in [0.1, 0.15) is 52.5 Å². The second-order valence-electron chi connectivity index (χ2n) is 8.47. The van der Waals surface area contributed by atoms with Crippen molar-refractivity contribution in [1.82, 2.24) is 20.0 Å². The van der Waals surface area contributed by atoms with Crippen molar-refractivity contribution in [2.45, 2.75) is 39.2 Å². The van der Waals surface area contributed by atoms with Crippen molar-refractivity contribution in [3.8, 4) is 5.69 Å². The minimum Gasteiger partial charge on any atom is -0.349 e. The molecule has 0 aliphatic carbocycles. The van der Waals surface area contributed by atoms with Crippen molar-refractivity contribution in [3.05, 3.63) is 93.4 Å². The van der Waals surface area contributed by atoms with Gasteiger partial charge in [-0.05, 0) is 68.6 Å². The molecule has 0 radical (unpaired) electrons. The maximum atomic E-state index is 13.0. The lowest BCUT2D eigenvalue weighted by atomic mass is 10.0. The van der Waals surface area contributed by atoms with E-state index in [1.54, 1.807) is 10.9 Å². The summed E-state index contributed by atoms with van der Waals surface area (Å²) in [6.07, 6.45) is 5.18. The summed E-state index contributed by atoms with van der Waals surface area (Å²) >= 11 is 0. The number of likely N-dealkylation sites (tertiary alicyclic amines) is 1. The van der Waals surface area contributed by atoms with Crippen LogP contribution in [0.5, 0.6) is 0 Å². The van der Waals surface area contributed by atoms with Crippen LogP contribution >= 0.6 is 0 Å². The maximum absolute atomic E-state index is 13.0. The molecule has 32 heavy (non-hydrogen) atoms. The Labute approximate surface area is 188 Å². The molecule has 1 aliphatic rings. The fourth-order valence-electron chi connectivity index (χ4n) is 4.21. The Morgan fingerprint density at radius 2 is 1.75 bits per heavy atom. The fraction of sp³-hybridized carbons (Fsp3) is 0.346. The van der Waals surface area contributed by atoms with E-state index in [-0.39, 0.29) is 17.2 Å². The summed E-state index contributed by atoms with van der Waals surface area (Å²) in [7, 11) is 0. The summed E-state index contributed by atoms with van der Waals surface area (Å²) in [6, 6.07) is 17.6. The van der Waals surface area contributed by atoms with Gasteiger partial charge in [0.2, 0.25) is 5.43 Å². The molecule has 3 aromatic rings. The Kier molecular flexibility index (Phi) is 6.81. The van der Waals surface area contributed by atoms with Gasteiger partial charge in [0.25, 0.3) is 5.91 Å². The molecule has 166 valence electrons. The number of hydrogen-bond donors (Lipinski definition) is 1. The third-order valence-electron chi connectivity index (χ3n) is 6.25. The van der Waals surface area contributed by atoms with Gasteiger partial charge in [0.05, 0.1) is 11.7 Å². The highest BCUT2D eigenvalue weighted by Gasteiger charge is 2.24. The van der Waals surface area contributed by atoms with E-state index in [9.17, 15) is 9.59 Å². The number of nitrogens with one attached hydrogen (secondary N) is 1. The Morgan fingerprint density at radius 1 is 1.00 bits per heavy atom. The molecule has 1 aliphatic heterocycles. The van der Waals surface area contributed by atoms with Crippen molar-refractivity contribution >= 4 is 5.91 Å². The fourth-order valence-corrected chi connectivity index (χ4v) is 4.21. The van der Waals surface area contributed by atoms with Crippen LogP contribution in [-0.4, -0.2) is 40.2 Å². The maximum Gasteiger partial charge on any atom is 0.275 e. The van der Waals surface area contributed by atoms with Crippen LogP contribution in [0, 0.1) is 13.8 Å². The van der Waals surface area contributed by atoms with E-state index < -0.39 is 5.91 Å². The van der Waals surface area contributed by atoms with Gasteiger partial charge in [-0.3, -0.25) is 14.5 Å². The van der Waals surface area contributed by atoms with Gasteiger partial charge in [0.15, 0.2) is 5.69 Å². The predicted molar refractivity (Wildman–Crippen MR) is 126 cm³/mol. The van der Waals surface area contributed by atoms with Gasteiger partial charge < -0.3 is 5.32 Å². The number of carbonyl (C=O) groups excluding carboxylic acids is 1. The Hall–Kier alpha value is -3.25. The zero-order valence-electron chi connectivity index (χ0n) is 18.8. The molecule has 4 rings (SSSR count). The van der Waals surface area contributed by atoms with Crippen LogP contribution in [0.15, 0.2) is 65.6 Å². The number of rotatable bonds is 6. The zero-order chi connectivity index (χ0) is 22.5. The summed E-state index contributed by atoms with van der Waals surface area (Å²) in [6.45, 7) is 6.53. The number of aryl methyl sites for hydroxylation is 2. The van der Waals surface area contributed by atoms with Crippen molar-refractivity contribution in [3.63, 3.8) is 0 Å². The first-order valence-corrected chi connectivity index (χ1v) is 11.3. The molecule has 0 spiro atoms. The van der Waals surface area contributed by atoms with Crippen molar-refractivity contribution < 1.29 is 4.79 Å². The monoisotopic (exact) mass is 430 g/mol. The zero-order valence-corrected chi connectivity index (χ0v) is 18.8. The molecule has 2 aromatic carbocycles. The molecule has 1 N–H and O–H groups in total. The average molecular weight is 431 g/mol. The Balaban J connectivity index is 1.54. The second kappa shape index (κ2) is 9.92. The first-order chi connectivity index (χ1) is 15.5. The normalized spacial score (nSPS) is 15.3. The molecule has 6 heteroatoms. The number of carbonyl (C=O) groups is 1. The predicted octanol–water partition coefficient (Wildman–Crippen LogP) is 3.81. The highest BCUT2D eigenvalue weighted by molar-refractivity contribution is 5.92. The van der Waals surface area contributed by atoms with E-state index in [1.807, 2.05) is 50.2 Å². The lowest BCUT2D eigenvalue weighted by molar-refractivity contribution is 0.0916. The Morgan fingerprint density at radius 3 is 2.47 bits per heavy atom. The van der Waals surface area contributed by atoms with E-state index in [4.69, 9.17) is 0 Å². The summed E-state index contributed by atoms with van der Waals surface area (Å²) < 4.78 is 1.59. The molecule has 1 atom stereocenters. The molecular formula is C26H30N4O2. The van der Waals surface area contributed by atoms with E-state index >= 15 is 0 Å². The largest absolute Gasteiger partial charge is 0.349 e. The molecule has 1 fully saturated rings. The van der Waals surface area contributed by atoms with Gasteiger partial charge >= 0.3 is 0 Å². The van der Waals surface area contributed by atoms with Gasteiger partial charge in [-0.25, -0.2) is 4.68 Å². The summed E-state index contributed by atoms with van der Waals surface area (Å²) in [5.74, 6) is -0.439. The van der Waals surface area contributed by atoms with Gasteiger partial charge in [0, 0.05) is 18.8 Å². The molecule has 6 nitrogen and oxygen atoms in total. The van der Waals surface area contributed by atoms with Gasteiger partial charge in [0.1, 0.15) is 0 Å². The van der Waals surface area contributed by atoms with Crippen molar-refractivity contribution in [2.75, 3.05) is 19.6 Å².